The Hall–Kier alpha value is -2.73. The lowest BCUT2D eigenvalue weighted by Gasteiger charge is -2.18. The van der Waals surface area contributed by atoms with Gasteiger partial charge in [0.15, 0.2) is 0 Å². The first-order chi connectivity index (χ1) is 15.7. The van der Waals surface area contributed by atoms with E-state index < -0.39 is 11.7 Å². The molecule has 0 heterocycles. The number of carbonyl (C=O) groups excluding carboxylic acids is 1. The molecule has 3 rings (SSSR count). The predicted molar refractivity (Wildman–Crippen MR) is 127 cm³/mol. The molecule has 0 unspecified atom stereocenters. The summed E-state index contributed by atoms with van der Waals surface area (Å²) in [6.45, 7) is 5.47. The van der Waals surface area contributed by atoms with E-state index in [1.54, 1.807) is 11.8 Å². The molecule has 0 aliphatic carbocycles. The van der Waals surface area contributed by atoms with Crippen molar-refractivity contribution in [2.24, 2.45) is 0 Å². The van der Waals surface area contributed by atoms with E-state index in [1.165, 1.54) is 24.6 Å². The van der Waals surface area contributed by atoms with Crippen LogP contribution >= 0.6 is 11.8 Å². The topological polar surface area (TPSA) is 26.3 Å². The van der Waals surface area contributed by atoms with Crippen LogP contribution in [0.25, 0.3) is 11.1 Å². The van der Waals surface area contributed by atoms with Crippen LogP contribution in [0.4, 0.5) is 13.2 Å². The van der Waals surface area contributed by atoms with Gasteiger partial charge in [0.2, 0.25) is 0 Å². The van der Waals surface area contributed by atoms with Crippen molar-refractivity contribution in [1.29, 1.82) is 0 Å². The number of aryl methyl sites for hydroxylation is 1. The van der Waals surface area contributed by atoms with Gasteiger partial charge in [-0.2, -0.15) is 13.2 Å². The Labute approximate surface area is 197 Å². The van der Waals surface area contributed by atoms with Crippen molar-refractivity contribution in [3.63, 3.8) is 0 Å². The lowest BCUT2D eigenvalue weighted by molar-refractivity contribution is -0.137. The molecule has 0 N–H and O–H groups in total. The maximum atomic E-state index is 12.8. The molecule has 0 aromatic heterocycles. The van der Waals surface area contributed by atoms with E-state index in [1.807, 2.05) is 37.3 Å². The molecule has 3 aromatic rings. The van der Waals surface area contributed by atoms with E-state index in [0.717, 1.165) is 53.0 Å². The van der Waals surface area contributed by atoms with E-state index in [9.17, 15) is 18.0 Å². The average Bonchev–Trinajstić information content (AvgIpc) is 2.78. The molecule has 0 saturated carbocycles. The van der Waals surface area contributed by atoms with Crippen molar-refractivity contribution in [3.05, 3.63) is 83.4 Å². The van der Waals surface area contributed by atoms with E-state index in [2.05, 4.69) is 19.1 Å². The van der Waals surface area contributed by atoms with Crippen LogP contribution in [0.1, 0.15) is 55.1 Å². The normalized spacial score (nSPS) is 12.4. The number of hydrogen-bond acceptors (Lipinski definition) is 3. The summed E-state index contributed by atoms with van der Waals surface area (Å²) in [5.41, 5.74) is 3.07. The second kappa shape index (κ2) is 10.9. The van der Waals surface area contributed by atoms with E-state index in [0.29, 0.717) is 5.75 Å². The van der Waals surface area contributed by atoms with Gasteiger partial charge < -0.3 is 4.74 Å². The van der Waals surface area contributed by atoms with Gasteiger partial charge in [0.05, 0.1) is 5.56 Å². The van der Waals surface area contributed by atoms with Crippen LogP contribution in [0, 0.1) is 6.92 Å². The Morgan fingerprint density at radius 3 is 2.09 bits per heavy atom. The number of carbonyl (C=O) groups is 1. The minimum atomic E-state index is -4.33. The maximum absolute atomic E-state index is 12.8. The number of esters is 1. The summed E-state index contributed by atoms with van der Waals surface area (Å²) in [4.78, 5) is 12.3. The Morgan fingerprint density at radius 1 is 0.970 bits per heavy atom. The fraction of sp³-hybridized carbons (Fsp3) is 0.296. The van der Waals surface area contributed by atoms with Crippen LogP contribution in [0.3, 0.4) is 0 Å². The predicted octanol–water partition coefficient (Wildman–Crippen LogP) is 8.63. The third kappa shape index (κ3) is 6.87. The van der Waals surface area contributed by atoms with Gasteiger partial charge in [-0.05, 0) is 65.9 Å². The first-order valence-corrected chi connectivity index (χ1v) is 11.8. The van der Waals surface area contributed by atoms with Gasteiger partial charge in [-0.25, -0.2) is 0 Å². The van der Waals surface area contributed by atoms with Crippen molar-refractivity contribution < 1.29 is 22.7 Å². The molecule has 0 amide bonds. The second-order valence-corrected chi connectivity index (χ2v) is 9.24. The molecule has 0 fully saturated rings. The Kier molecular flexibility index (Phi) is 8.25. The lowest BCUT2D eigenvalue weighted by atomic mass is 10.00. The smallest absolute Gasteiger partial charge is 0.416 e. The third-order valence-corrected chi connectivity index (χ3v) is 6.64. The number of unbranched alkanes of at least 4 members (excludes halogenated alkanes) is 1. The molecule has 0 bridgehead atoms. The Morgan fingerprint density at radius 2 is 1.58 bits per heavy atom. The molecule has 1 atom stereocenters. The molecule has 0 radical (unpaired) electrons. The summed E-state index contributed by atoms with van der Waals surface area (Å²) >= 11 is 1.76. The zero-order valence-electron chi connectivity index (χ0n) is 18.9. The number of hydrogen-bond donors (Lipinski definition) is 0. The minimum absolute atomic E-state index is 0.241. The van der Waals surface area contributed by atoms with E-state index >= 15 is 0 Å². The van der Waals surface area contributed by atoms with E-state index in [4.69, 9.17) is 4.74 Å². The highest BCUT2D eigenvalue weighted by Crippen LogP contribution is 2.41. The van der Waals surface area contributed by atoms with Crippen LogP contribution in [0.5, 0.6) is 5.75 Å². The van der Waals surface area contributed by atoms with Crippen molar-refractivity contribution in [1.82, 2.24) is 0 Å². The zero-order valence-corrected chi connectivity index (χ0v) is 19.7. The van der Waals surface area contributed by atoms with Gasteiger partial charge in [-0.1, -0.05) is 56.2 Å². The number of benzene rings is 3. The van der Waals surface area contributed by atoms with Gasteiger partial charge in [0.1, 0.15) is 5.75 Å². The zero-order chi connectivity index (χ0) is 24.0. The van der Waals surface area contributed by atoms with Gasteiger partial charge in [-0.3, -0.25) is 4.79 Å². The fourth-order valence-electron chi connectivity index (χ4n) is 3.55. The number of halogens is 3. The summed E-state index contributed by atoms with van der Waals surface area (Å²) in [5.74, 6) is 0.227. The number of rotatable bonds is 8. The molecular weight excluding hydrogens is 445 g/mol. The van der Waals surface area contributed by atoms with Crippen LogP contribution in [0.2, 0.25) is 0 Å². The number of thioether (sulfide) groups is 1. The number of alkyl halides is 3. The second-order valence-electron chi connectivity index (χ2n) is 7.97. The largest absolute Gasteiger partial charge is 0.426 e. The maximum Gasteiger partial charge on any atom is 0.416 e. The fourth-order valence-corrected chi connectivity index (χ4v) is 4.85. The quantitative estimate of drug-likeness (QED) is 0.186. The minimum Gasteiger partial charge on any atom is -0.426 e. The molecule has 33 heavy (non-hydrogen) atoms. The number of ether oxygens (including phenoxy) is 1. The lowest BCUT2D eigenvalue weighted by Crippen LogP contribution is -2.04. The van der Waals surface area contributed by atoms with Crippen molar-refractivity contribution in [2.75, 3.05) is 0 Å². The monoisotopic (exact) mass is 472 g/mol. The highest BCUT2D eigenvalue weighted by atomic mass is 32.2. The first kappa shape index (κ1) is 24.9. The summed E-state index contributed by atoms with van der Waals surface area (Å²) in [6.07, 6.45) is -1.15. The summed E-state index contributed by atoms with van der Waals surface area (Å²) in [6, 6.07) is 19.1. The molecule has 6 heteroatoms. The Balaban J connectivity index is 1.79. The SMILES string of the molecule is CCCC[C@H](Sc1ccc(OC(C)=O)c(C)c1)c1ccc(-c2ccc(C(F)(F)F)cc2)cc1. The summed E-state index contributed by atoms with van der Waals surface area (Å²) in [5, 5.41) is 0.241. The molecule has 0 saturated heterocycles. The van der Waals surface area contributed by atoms with Gasteiger partial charge in [0.25, 0.3) is 0 Å². The molecule has 174 valence electrons. The first-order valence-electron chi connectivity index (χ1n) is 10.9. The highest BCUT2D eigenvalue weighted by molar-refractivity contribution is 7.99. The van der Waals surface area contributed by atoms with Crippen molar-refractivity contribution >= 4 is 17.7 Å². The highest BCUT2D eigenvalue weighted by Gasteiger charge is 2.30. The summed E-state index contributed by atoms with van der Waals surface area (Å²) < 4.78 is 43.7. The standard InChI is InChI=1S/C27H27F3O2S/c1-4-5-6-26(33-24-15-16-25(18(2)17-24)32-19(3)31)22-9-7-20(8-10-22)21-11-13-23(14-12-21)27(28,29)30/h7-17,26H,4-6H2,1-3H3/t26-/m0/s1. The molecular formula is C27H27F3O2S. The Bertz CT molecular complexity index is 1070. The van der Waals surface area contributed by atoms with Crippen molar-refractivity contribution in [2.45, 2.75) is 56.4 Å². The van der Waals surface area contributed by atoms with Crippen LogP contribution in [-0.2, 0) is 11.0 Å². The molecule has 0 aliphatic rings. The van der Waals surface area contributed by atoms with Gasteiger partial charge in [-0.15, -0.1) is 11.8 Å². The summed E-state index contributed by atoms with van der Waals surface area (Å²) in [7, 11) is 0. The van der Waals surface area contributed by atoms with Gasteiger partial charge >= 0.3 is 12.1 Å². The molecule has 0 spiro atoms. The van der Waals surface area contributed by atoms with Gasteiger partial charge in [0, 0.05) is 17.1 Å². The van der Waals surface area contributed by atoms with E-state index in [-0.39, 0.29) is 11.2 Å². The van der Waals surface area contributed by atoms with Crippen LogP contribution in [-0.4, -0.2) is 5.97 Å². The molecule has 2 nitrogen and oxygen atoms in total. The molecule has 0 aliphatic heterocycles. The van der Waals surface area contributed by atoms with Crippen LogP contribution in [0.15, 0.2) is 71.6 Å². The van der Waals surface area contributed by atoms with Crippen LogP contribution < -0.4 is 4.74 Å². The molecule has 3 aromatic carbocycles. The average molecular weight is 473 g/mol. The third-order valence-electron chi connectivity index (χ3n) is 5.33. The van der Waals surface area contributed by atoms with Crippen molar-refractivity contribution in [3.8, 4) is 16.9 Å².